The fraction of sp³-hybridized carbons (Fsp3) is 0.529. The number of nitrogens with one attached hydrogen (secondary N) is 3. The van der Waals surface area contributed by atoms with Crippen molar-refractivity contribution in [2.24, 2.45) is 11.8 Å². The van der Waals surface area contributed by atoms with E-state index in [4.69, 9.17) is 0 Å². The molecule has 5 heteroatoms. The molecule has 1 aliphatic rings. The van der Waals surface area contributed by atoms with Gasteiger partial charge in [-0.1, -0.05) is 19.9 Å². The van der Waals surface area contributed by atoms with Gasteiger partial charge >= 0.3 is 0 Å². The Hall–Kier alpha value is -1.88. The second-order valence-electron chi connectivity index (χ2n) is 6.06. The van der Waals surface area contributed by atoms with Crippen molar-refractivity contribution >= 4 is 17.5 Å². The number of anilines is 1. The molecule has 0 aliphatic heterocycles. The van der Waals surface area contributed by atoms with Gasteiger partial charge in [-0.25, -0.2) is 0 Å². The van der Waals surface area contributed by atoms with Crippen LogP contribution in [0.5, 0.6) is 0 Å². The van der Waals surface area contributed by atoms with E-state index >= 15 is 0 Å². The summed E-state index contributed by atoms with van der Waals surface area (Å²) in [6.45, 7) is 7.57. The van der Waals surface area contributed by atoms with E-state index in [0.29, 0.717) is 23.7 Å². The summed E-state index contributed by atoms with van der Waals surface area (Å²) in [6, 6.07) is 7.30. The molecule has 3 N–H and O–H groups in total. The second kappa shape index (κ2) is 7.40. The molecule has 3 atom stereocenters. The minimum Gasteiger partial charge on any atom is -0.350 e. The van der Waals surface area contributed by atoms with Crippen molar-refractivity contribution in [2.75, 3.05) is 18.4 Å². The Balaban J connectivity index is 1.90. The number of hydrogen-bond donors (Lipinski definition) is 3. The first-order valence-corrected chi connectivity index (χ1v) is 7.93. The van der Waals surface area contributed by atoms with Gasteiger partial charge in [-0.05, 0) is 44.0 Å². The van der Waals surface area contributed by atoms with Crippen LogP contribution in [-0.4, -0.2) is 30.9 Å². The van der Waals surface area contributed by atoms with Crippen LogP contribution < -0.4 is 16.0 Å². The molecule has 120 valence electrons. The number of hydrogen-bond acceptors (Lipinski definition) is 3. The predicted molar refractivity (Wildman–Crippen MR) is 87.8 cm³/mol. The zero-order valence-electron chi connectivity index (χ0n) is 13.5. The standard InChI is InChI=1S/C17H25N3O2/c1-4-18-12(3)10-19-16(21)13-6-5-7-14(9-13)20-17(22)15-8-11(15)2/h5-7,9,11-12,15,18H,4,8,10H2,1-3H3,(H,19,21)(H,20,22)/t11?,12-,15?/m1/s1. The van der Waals surface area contributed by atoms with Gasteiger partial charge in [0.2, 0.25) is 5.91 Å². The molecule has 22 heavy (non-hydrogen) atoms. The molecule has 5 nitrogen and oxygen atoms in total. The number of carbonyl (C=O) groups is 2. The Labute approximate surface area is 131 Å². The Bertz CT molecular complexity index is 544. The lowest BCUT2D eigenvalue weighted by atomic mass is 10.1. The van der Waals surface area contributed by atoms with Gasteiger partial charge < -0.3 is 16.0 Å². The lowest BCUT2D eigenvalue weighted by molar-refractivity contribution is -0.117. The third-order valence-electron chi connectivity index (χ3n) is 3.96. The maximum Gasteiger partial charge on any atom is 0.251 e. The van der Waals surface area contributed by atoms with Crippen LogP contribution in [-0.2, 0) is 4.79 Å². The average Bonchev–Trinajstić information content (AvgIpc) is 3.22. The largest absolute Gasteiger partial charge is 0.350 e. The molecule has 0 heterocycles. The summed E-state index contributed by atoms with van der Waals surface area (Å²) < 4.78 is 0. The topological polar surface area (TPSA) is 70.2 Å². The zero-order chi connectivity index (χ0) is 16.1. The Kier molecular flexibility index (Phi) is 5.55. The summed E-state index contributed by atoms with van der Waals surface area (Å²) in [6.07, 6.45) is 0.953. The molecule has 1 saturated carbocycles. The van der Waals surface area contributed by atoms with Crippen LogP contribution in [0.1, 0.15) is 37.6 Å². The molecule has 0 radical (unpaired) electrons. The van der Waals surface area contributed by atoms with E-state index in [1.807, 2.05) is 19.9 Å². The minimum absolute atomic E-state index is 0.0471. The van der Waals surface area contributed by atoms with Gasteiger partial charge in [0.25, 0.3) is 5.91 Å². The van der Waals surface area contributed by atoms with Crippen molar-refractivity contribution in [3.8, 4) is 0 Å². The molecule has 2 amide bonds. The summed E-state index contributed by atoms with van der Waals surface area (Å²) in [5, 5.41) is 9.02. The van der Waals surface area contributed by atoms with Gasteiger partial charge in [-0.2, -0.15) is 0 Å². The fourth-order valence-corrected chi connectivity index (χ4v) is 2.43. The maximum absolute atomic E-state index is 12.1. The van der Waals surface area contributed by atoms with Crippen molar-refractivity contribution in [1.82, 2.24) is 10.6 Å². The van der Waals surface area contributed by atoms with Crippen LogP contribution in [0.4, 0.5) is 5.69 Å². The fourth-order valence-electron chi connectivity index (χ4n) is 2.43. The maximum atomic E-state index is 12.1. The highest BCUT2D eigenvalue weighted by atomic mass is 16.2. The van der Waals surface area contributed by atoms with Gasteiger partial charge in [0.05, 0.1) is 0 Å². The first kappa shape index (κ1) is 16.5. The number of rotatable bonds is 7. The summed E-state index contributed by atoms with van der Waals surface area (Å²) >= 11 is 0. The normalized spacial score (nSPS) is 21.0. The Morgan fingerprint density at radius 1 is 1.36 bits per heavy atom. The highest BCUT2D eigenvalue weighted by Gasteiger charge is 2.39. The first-order chi connectivity index (χ1) is 10.5. The van der Waals surface area contributed by atoms with Gasteiger partial charge in [0, 0.05) is 29.8 Å². The number of amides is 2. The molecular weight excluding hydrogens is 278 g/mol. The van der Waals surface area contributed by atoms with Crippen molar-refractivity contribution in [3.63, 3.8) is 0 Å². The van der Waals surface area contributed by atoms with Crippen molar-refractivity contribution in [2.45, 2.75) is 33.2 Å². The molecule has 0 aromatic heterocycles. The van der Waals surface area contributed by atoms with Gasteiger partial charge in [0.1, 0.15) is 0 Å². The quantitative estimate of drug-likeness (QED) is 0.721. The van der Waals surface area contributed by atoms with E-state index in [2.05, 4.69) is 22.9 Å². The molecule has 1 aliphatic carbocycles. The number of carbonyl (C=O) groups excluding carboxylic acids is 2. The van der Waals surface area contributed by atoms with E-state index < -0.39 is 0 Å². The van der Waals surface area contributed by atoms with Crippen LogP contribution >= 0.6 is 0 Å². The van der Waals surface area contributed by atoms with Crippen molar-refractivity contribution in [1.29, 1.82) is 0 Å². The van der Waals surface area contributed by atoms with E-state index in [-0.39, 0.29) is 23.8 Å². The smallest absolute Gasteiger partial charge is 0.251 e. The van der Waals surface area contributed by atoms with Crippen LogP contribution in [0.15, 0.2) is 24.3 Å². The molecule has 2 unspecified atom stereocenters. The predicted octanol–water partition coefficient (Wildman–Crippen LogP) is 2.01. The Morgan fingerprint density at radius 3 is 2.73 bits per heavy atom. The molecule has 2 rings (SSSR count). The zero-order valence-corrected chi connectivity index (χ0v) is 13.5. The lowest BCUT2D eigenvalue weighted by Crippen LogP contribution is -2.38. The lowest BCUT2D eigenvalue weighted by Gasteiger charge is -2.13. The SMILES string of the molecule is CCN[C@H](C)CNC(=O)c1cccc(NC(=O)C2CC2C)c1. The van der Waals surface area contributed by atoms with Crippen LogP contribution in [0.25, 0.3) is 0 Å². The molecular formula is C17H25N3O2. The molecule has 0 bridgehead atoms. The van der Waals surface area contributed by atoms with E-state index in [1.54, 1.807) is 18.2 Å². The highest BCUT2D eigenvalue weighted by molar-refractivity contribution is 5.98. The molecule has 0 spiro atoms. The van der Waals surface area contributed by atoms with Crippen LogP contribution in [0.2, 0.25) is 0 Å². The highest BCUT2D eigenvalue weighted by Crippen LogP contribution is 2.38. The van der Waals surface area contributed by atoms with Crippen LogP contribution in [0, 0.1) is 11.8 Å². The van der Waals surface area contributed by atoms with Gasteiger partial charge in [0.15, 0.2) is 0 Å². The van der Waals surface area contributed by atoms with Crippen molar-refractivity contribution < 1.29 is 9.59 Å². The molecule has 1 aromatic carbocycles. The van der Waals surface area contributed by atoms with E-state index in [0.717, 1.165) is 13.0 Å². The molecule has 0 saturated heterocycles. The number of likely N-dealkylation sites (N-methyl/N-ethyl adjacent to an activating group) is 1. The second-order valence-corrected chi connectivity index (χ2v) is 6.06. The summed E-state index contributed by atoms with van der Waals surface area (Å²) in [4.78, 5) is 24.1. The summed E-state index contributed by atoms with van der Waals surface area (Å²) in [7, 11) is 0. The average molecular weight is 303 g/mol. The van der Waals surface area contributed by atoms with Gasteiger partial charge in [-0.15, -0.1) is 0 Å². The Morgan fingerprint density at radius 2 is 2.09 bits per heavy atom. The molecule has 1 aromatic rings. The molecule has 1 fully saturated rings. The third-order valence-corrected chi connectivity index (χ3v) is 3.96. The third kappa shape index (κ3) is 4.56. The number of benzene rings is 1. The monoisotopic (exact) mass is 303 g/mol. The minimum atomic E-state index is -0.124. The first-order valence-electron chi connectivity index (χ1n) is 7.93. The van der Waals surface area contributed by atoms with Gasteiger partial charge in [-0.3, -0.25) is 9.59 Å². The summed E-state index contributed by atoms with van der Waals surface area (Å²) in [5.74, 6) is 0.518. The van der Waals surface area contributed by atoms with E-state index in [1.165, 1.54) is 0 Å². The van der Waals surface area contributed by atoms with Crippen molar-refractivity contribution in [3.05, 3.63) is 29.8 Å². The summed E-state index contributed by atoms with van der Waals surface area (Å²) in [5.41, 5.74) is 1.24. The van der Waals surface area contributed by atoms with Crippen LogP contribution in [0.3, 0.4) is 0 Å². The van der Waals surface area contributed by atoms with E-state index in [9.17, 15) is 9.59 Å².